The lowest BCUT2D eigenvalue weighted by atomic mass is 10.1. The standard InChI is InChI=1S/C17H19NO/c1-2-5-14(6-3-1)15-8-10-17(11-9-15)19-13-16-7-4-12-18-16/h1-3,5-6,8-11,16,18H,4,7,12-13H2. The van der Waals surface area contributed by atoms with E-state index in [-0.39, 0.29) is 0 Å². The summed E-state index contributed by atoms with van der Waals surface area (Å²) in [5, 5.41) is 3.44. The van der Waals surface area contributed by atoms with Crippen molar-refractivity contribution in [1.82, 2.24) is 5.32 Å². The number of benzene rings is 2. The third kappa shape index (κ3) is 3.15. The molecule has 0 aromatic heterocycles. The molecule has 1 aliphatic heterocycles. The summed E-state index contributed by atoms with van der Waals surface area (Å²) in [6, 6.07) is 19.3. The average Bonchev–Trinajstić information content (AvgIpc) is 3.00. The molecule has 0 bridgehead atoms. The molecule has 1 fully saturated rings. The minimum Gasteiger partial charge on any atom is -0.492 e. The van der Waals surface area contributed by atoms with Gasteiger partial charge in [0.25, 0.3) is 0 Å². The molecule has 1 atom stereocenters. The highest BCUT2D eigenvalue weighted by atomic mass is 16.5. The molecule has 0 radical (unpaired) electrons. The first-order valence-electron chi connectivity index (χ1n) is 6.93. The minimum atomic E-state index is 0.522. The number of ether oxygens (including phenoxy) is 1. The first-order valence-corrected chi connectivity index (χ1v) is 6.93. The van der Waals surface area contributed by atoms with Crippen LogP contribution in [0.1, 0.15) is 12.8 Å². The number of hydrogen-bond acceptors (Lipinski definition) is 2. The second-order valence-corrected chi connectivity index (χ2v) is 4.99. The van der Waals surface area contributed by atoms with Crippen LogP contribution in [0.2, 0.25) is 0 Å². The Kier molecular flexibility index (Phi) is 3.80. The highest BCUT2D eigenvalue weighted by molar-refractivity contribution is 5.63. The fraction of sp³-hybridized carbons (Fsp3) is 0.294. The summed E-state index contributed by atoms with van der Waals surface area (Å²) >= 11 is 0. The summed E-state index contributed by atoms with van der Waals surface area (Å²) in [5.74, 6) is 0.952. The Labute approximate surface area is 114 Å². The monoisotopic (exact) mass is 253 g/mol. The molecule has 2 aromatic rings. The van der Waals surface area contributed by atoms with Gasteiger partial charge in [0, 0.05) is 6.04 Å². The van der Waals surface area contributed by atoms with Gasteiger partial charge in [0.2, 0.25) is 0 Å². The van der Waals surface area contributed by atoms with Crippen molar-refractivity contribution in [2.24, 2.45) is 0 Å². The molecule has 1 saturated heterocycles. The molecule has 0 spiro atoms. The second kappa shape index (κ2) is 5.89. The van der Waals surface area contributed by atoms with Gasteiger partial charge >= 0.3 is 0 Å². The van der Waals surface area contributed by atoms with E-state index in [2.05, 4.69) is 53.8 Å². The van der Waals surface area contributed by atoms with Gasteiger partial charge in [0.1, 0.15) is 12.4 Å². The predicted octanol–water partition coefficient (Wildman–Crippen LogP) is 3.48. The SMILES string of the molecule is c1ccc(-c2ccc(OCC3CCCN3)cc2)cc1. The largest absolute Gasteiger partial charge is 0.492 e. The smallest absolute Gasteiger partial charge is 0.119 e. The van der Waals surface area contributed by atoms with Gasteiger partial charge in [-0.2, -0.15) is 0 Å². The number of rotatable bonds is 4. The van der Waals surface area contributed by atoms with Crippen LogP contribution in [0.5, 0.6) is 5.75 Å². The lowest BCUT2D eigenvalue weighted by molar-refractivity contribution is 0.277. The lowest BCUT2D eigenvalue weighted by Gasteiger charge is -2.12. The van der Waals surface area contributed by atoms with E-state index in [1.807, 2.05) is 6.07 Å². The van der Waals surface area contributed by atoms with Crippen LogP contribution < -0.4 is 10.1 Å². The maximum atomic E-state index is 5.82. The fourth-order valence-electron chi connectivity index (χ4n) is 2.47. The van der Waals surface area contributed by atoms with Gasteiger partial charge in [-0.15, -0.1) is 0 Å². The highest BCUT2D eigenvalue weighted by Crippen LogP contribution is 2.22. The van der Waals surface area contributed by atoms with E-state index < -0.39 is 0 Å². The molecule has 19 heavy (non-hydrogen) atoms. The predicted molar refractivity (Wildman–Crippen MR) is 78.4 cm³/mol. The molecule has 0 saturated carbocycles. The molecule has 1 aliphatic rings. The Bertz CT molecular complexity index is 501. The Balaban J connectivity index is 1.62. The topological polar surface area (TPSA) is 21.3 Å². The molecular weight excluding hydrogens is 234 g/mol. The Morgan fingerprint density at radius 3 is 2.37 bits per heavy atom. The highest BCUT2D eigenvalue weighted by Gasteiger charge is 2.14. The van der Waals surface area contributed by atoms with Gasteiger partial charge in [-0.1, -0.05) is 42.5 Å². The van der Waals surface area contributed by atoms with Crippen molar-refractivity contribution < 1.29 is 4.74 Å². The fourth-order valence-corrected chi connectivity index (χ4v) is 2.47. The second-order valence-electron chi connectivity index (χ2n) is 4.99. The molecule has 2 aromatic carbocycles. The van der Waals surface area contributed by atoms with E-state index in [0.29, 0.717) is 6.04 Å². The Morgan fingerprint density at radius 1 is 0.947 bits per heavy atom. The summed E-state index contributed by atoms with van der Waals surface area (Å²) in [6.07, 6.45) is 2.49. The summed E-state index contributed by atoms with van der Waals surface area (Å²) < 4.78 is 5.82. The van der Waals surface area contributed by atoms with E-state index in [1.54, 1.807) is 0 Å². The molecule has 2 heteroatoms. The zero-order chi connectivity index (χ0) is 12.9. The zero-order valence-electron chi connectivity index (χ0n) is 11.0. The molecule has 0 amide bonds. The van der Waals surface area contributed by atoms with Crippen molar-refractivity contribution in [2.75, 3.05) is 13.2 Å². The van der Waals surface area contributed by atoms with Gasteiger partial charge < -0.3 is 10.1 Å². The van der Waals surface area contributed by atoms with Crippen LogP contribution in [-0.2, 0) is 0 Å². The molecule has 3 rings (SSSR count). The average molecular weight is 253 g/mol. The summed E-state index contributed by atoms with van der Waals surface area (Å²) in [4.78, 5) is 0. The first kappa shape index (κ1) is 12.2. The molecule has 1 N–H and O–H groups in total. The lowest BCUT2D eigenvalue weighted by Crippen LogP contribution is -2.28. The summed E-state index contributed by atoms with van der Waals surface area (Å²) in [7, 11) is 0. The molecule has 2 nitrogen and oxygen atoms in total. The van der Waals surface area contributed by atoms with Crippen molar-refractivity contribution in [1.29, 1.82) is 0 Å². The molecular formula is C17H19NO. The Hall–Kier alpha value is -1.80. The van der Waals surface area contributed by atoms with Crippen LogP contribution in [0.3, 0.4) is 0 Å². The van der Waals surface area contributed by atoms with E-state index in [0.717, 1.165) is 18.9 Å². The van der Waals surface area contributed by atoms with Crippen LogP contribution in [0.15, 0.2) is 54.6 Å². The quantitative estimate of drug-likeness (QED) is 0.900. The number of nitrogens with one attached hydrogen (secondary N) is 1. The third-order valence-electron chi connectivity index (χ3n) is 3.57. The van der Waals surface area contributed by atoms with Crippen LogP contribution in [0.25, 0.3) is 11.1 Å². The van der Waals surface area contributed by atoms with Crippen molar-refractivity contribution >= 4 is 0 Å². The van der Waals surface area contributed by atoms with Crippen molar-refractivity contribution in [3.63, 3.8) is 0 Å². The van der Waals surface area contributed by atoms with E-state index >= 15 is 0 Å². The third-order valence-corrected chi connectivity index (χ3v) is 3.57. The molecule has 1 unspecified atom stereocenters. The number of hydrogen-bond donors (Lipinski definition) is 1. The maximum absolute atomic E-state index is 5.82. The zero-order valence-corrected chi connectivity index (χ0v) is 11.0. The van der Waals surface area contributed by atoms with E-state index in [1.165, 1.54) is 24.0 Å². The maximum Gasteiger partial charge on any atom is 0.119 e. The van der Waals surface area contributed by atoms with Crippen molar-refractivity contribution in [2.45, 2.75) is 18.9 Å². The molecule has 98 valence electrons. The summed E-state index contributed by atoms with van der Waals surface area (Å²) in [6.45, 7) is 1.89. The van der Waals surface area contributed by atoms with E-state index in [9.17, 15) is 0 Å². The summed E-state index contributed by atoms with van der Waals surface area (Å²) in [5.41, 5.74) is 2.47. The van der Waals surface area contributed by atoms with Crippen LogP contribution in [0, 0.1) is 0 Å². The van der Waals surface area contributed by atoms with Crippen molar-refractivity contribution in [3.05, 3.63) is 54.6 Å². The first-order chi connectivity index (χ1) is 9.42. The molecule has 1 heterocycles. The van der Waals surface area contributed by atoms with Crippen LogP contribution >= 0.6 is 0 Å². The van der Waals surface area contributed by atoms with Gasteiger partial charge in [-0.05, 0) is 42.6 Å². The van der Waals surface area contributed by atoms with E-state index in [4.69, 9.17) is 4.74 Å². The van der Waals surface area contributed by atoms with Crippen molar-refractivity contribution in [3.8, 4) is 16.9 Å². The normalized spacial score (nSPS) is 18.4. The van der Waals surface area contributed by atoms with Gasteiger partial charge in [0.15, 0.2) is 0 Å². The minimum absolute atomic E-state index is 0.522. The van der Waals surface area contributed by atoms with Gasteiger partial charge in [-0.25, -0.2) is 0 Å². The van der Waals surface area contributed by atoms with Gasteiger partial charge in [0.05, 0.1) is 0 Å². The Morgan fingerprint density at radius 2 is 1.68 bits per heavy atom. The van der Waals surface area contributed by atoms with Crippen LogP contribution in [-0.4, -0.2) is 19.2 Å². The molecule has 0 aliphatic carbocycles. The van der Waals surface area contributed by atoms with Crippen LogP contribution in [0.4, 0.5) is 0 Å². The van der Waals surface area contributed by atoms with Gasteiger partial charge in [-0.3, -0.25) is 0 Å².